The van der Waals surface area contributed by atoms with E-state index in [1.165, 1.54) is 18.2 Å². The quantitative estimate of drug-likeness (QED) is 0.654. The van der Waals surface area contributed by atoms with E-state index in [1.807, 2.05) is 0 Å². The summed E-state index contributed by atoms with van der Waals surface area (Å²) < 4.78 is 13.3. The molecule has 20 heavy (non-hydrogen) atoms. The Hall–Kier alpha value is -2.48. The molecule has 0 unspecified atom stereocenters. The van der Waals surface area contributed by atoms with Crippen molar-refractivity contribution in [3.63, 3.8) is 0 Å². The van der Waals surface area contributed by atoms with Crippen molar-refractivity contribution in [2.45, 2.75) is 6.54 Å². The van der Waals surface area contributed by atoms with Gasteiger partial charge in [0.1, 0.15) is 5.82 Å². The molecule has 0 aliphatic heterocycles. The molecule has 0 aliphatic rings. The van der Waals surface area contributed by atoms with Gasteiger partial charge < -0.3 is 11.1 Å². The number of carbonyl (C=O) groups is 1. The number of amides is 1. The predicted octanol–water partition coefficient (Wildman–Crippen LogP) is 2.51. The van der Waals surface area contributed by atoms with Crippen molar-refractivity contribution in [2.75, 3.05) is 5.32 Å². The van der Waals surface area contributed by atoms with Crippen LogP contribution in [0.3, 0.4) is 0 Å². The van der Waals surface area contributed by atoms with Gasteiger partial charge in [0.05, 0.1) is 10.5 Å². The smallest absolute Gasteiger partial charge is 0.324 e. The minimum atomic E-state index is -0.849. The standard InChI is InChI=1S/C12H10FN3O3S/c13-10-3-1-7(5-9(10)12(14)17)15-6-8-2-4-11(20-8)16(18)19/h1-5,15H,6H2,(H2,14,17). The van der Waals surface area contributed by atoms with Crippen LogP contribution in [0, 0.1) is 15.9 Å². The van der Waals surface area contributed by atoms with Crippen molar-refractivity contribution in [3.8, 4) is 0 Å². The Morgan fingerprint density at radius 1 is 1.40 bits per heavy atom. The second-order valence-corrected chi connectivity index (χ2v) is 5.06. The highest BCUT2D eigenvalue weighted by Gasteiger charge is 2.11. The fraction of sp³-hybridized carbons (Fsp3) is 0.0833. The molecule has 0 bridgehead atoms. The third-order valence-electron chi connectivity index (χ3n) is 2.53. The molecule has 104 valence electrons. The van der Waals surface area contributed by atoms with Gasteiger partial charge in [-0.3, -0.25) is 14.9 Å². The summed E-state index contributed by atoms with van der Waals surface area (Å²) in [4.78, 5) is 21.8. The molecular weight excluding hydrogens is 285 g/mol. The summed E-state index contributed by atoms with van der Waals surface area (Å²) in [5, 5.41) is 13.6. The number of rotatable bonds is 5. The Balaban J connectivity index is 2.08. The van der Waals surface area contributed by atoms with Gasteiger partial charge >= 0.3 is 5.00 Å². The average molecular weight is 295 g/mol. The highest BCUT2D eigenvalue weighted by molar-refractivity contribution is 7.15. The van der Waals surface area contributed by atoms with Gasteiger partial charge in [0, 0.05) is 23.2 Å². The number of thiophene rings is 1. The summed E-state index contributed by atoms with van der Waals surface area (Å²) in [6, 6.07) is 6.96. The lowest BCUT2D eigenvalue weighted by molar-refractivity contribution is -0.380. The summed E-state index contributed by atoms with van der Waals surface area (Å²) in [6.07, 6.45) is 0. The van der Waals surface area contributed by atoms with Crippen LogP contribution < -0.4 is 11.1 Å². The first-order valence-electron chi connectivity index (χ1n) is 5.53. The van der Waals surface area contributed by atoms with Crippen molar-refractivity contribution >= 4 is 27.9 Å². The highest BCUT2D eigenvalue weighted by Crippen LogP contribution is 2.25. The largest absolute Gasteiger partial charge is 0.380 e. The van der Waals surface area contributed by atoms with Gasteiger partial charge in [-0.05, 0) is 24.3 Å². The monoisotopic (exact) mass is 295 g/mol. The molecule has 0 radical (unpaired) electrons. The fourth-order valence-electron chi connectivity index (χ4n) is 1.57. The van der Waals surface area contributed by atoms with Crippen LogP contribution in [0.1, 0.15) is 15.2 Å². The molecule has 0 aliphatic carbocycles. The summed E-state index contributed by atoms with van der Waals surface area (Å²) >= 11 is 1.05. The molecule has 0 atom stereocenters. The number of nitro groups is 1. The number of hydrogen-bond donors (Lipinski definition) is 2. The molecule has 3 N–H and O–H groups in total. The number of nitrogens with two attached hydrogens (primary N) is 1. The average Bonchev–Trinajstić information content (AvgIpc) is 2.86. The second kappa shape index (κ2) is 5.66. The molecule has 1 aromatic carbocycles. The lowest BCUT2D eigenvalue weighted by Crippen LogP contribution is -2.13. The number of nitrogens with one attached hydrogen (secondary N) is 1. The van der Waals surface area contributed by atoms with E-state index in [0.29, 0.717) is 12.2 Å². The van der Waals surface area contributed by atoms with Crippen LogP contribution in [0.25, 0.3) is 0 Å². The molecule has 1 amide bonds. The summed E-state index contributed by atoms with van der Waals surface area (Å²) in [6.45, 7) is 0.336. The second-order valence-electron chi connectivity index (χ2n) is 3.91. The predicted molar refractivity (Wildman–Crippen MR) is 73.2 cm³/mol. The Morgan fingerprint density at radius 2 is 2.15 bits per heavy atom. The zero-order chi connectivity index (χ0) is 14.7. The number of halogens is 1. The van der Waals surface area contributed by atoms with E-state index in [4.69, 9.17) is 5.73 Å². The van der Waals surface area contributed by atoms with Crippen LogP contribution in [0.4, 0.5) is 15.1 Å². The van der Waals surface area contributed by atoms with Crippen molar-refractivity contribution in [2.24, 2.45) is 5.73 Å². The number of carbonyl (C=O) groups excluding carboxylic acids is 1. The third-order valence-corrected chi connectivity index (χ3v) is 3.56. The first-order valence-corrected chi connectivity index (χ1v) is 6.35. The maximum atomic E-state index is 13.3. The van der Waals surface area contributed by atoms with Crippen LogP contribution in [0.2, 0.25) is 0 Å². The molecule has 2 aromatic rings. The number of anilines is 1. The number of primary amides is 1. The minimum Gasteiger partial charge on any atom is -0.380 e. The van der Waals surface area contributed by atoms with Crippen LogP contribution in [0.15, 0.2) is 30.3 Å². The van der Waals surface area contributed by atoms with Gasteiger partial charge in [0.2, 0.25) is 0 Å². The van der Waals surface area contributed by atoms with Crippen molar-refractivity contribution in [1.29, 1.82) is 0 Å². The SMILES string of the molecule is NC(=O)c1cc(NCc2ccc([N+](=O)[O-])s2)ccc1F. The van der Waals surface area contributed by atoms with Crippen molar-refractivity contribution < 1.29 is 14.1 Å². The lowest BCUT2D eigenvalue weighted by Gasteiger charge is -2.06. The molecule has 2 rings (SSSR count). The topological polar surface area (TPSA) is 98.3 Å². The van der Waals surface area contributed by atoms with E-state index in [0.717, 1.165) is 22.3 Å². The number of nitrogens with zero attached hydrogens (tertiary/aromatic N) is 1. The zero-order valence-corrected chi connectivity index (χ0v) is 10.9. The van der Waals surface area contributed by atoms with E-state index in [9.17, 15) is 19.3 Å². The zero-order valence-electron chi connectivity index (χ0n) is 10.1. The highest BCUT2D eigenvalue weighted by atomic mass is 32.1. The van der Waals surface area contributed by atoms with Crippen LogP contribution in [0.5, 0.6) is 0 Å². The van der Waals surface area contributed by atoms with E-state index in [1.54, 1.807) is 6.07 Å². The minimum absolute atomic E-state index is 0.0544. The molecule has 6 nitrogen and oxygen atoms in total. The number of hydrogen-bond acceptors (Lipinski definition) is 5. The van der Waals surface area contributed by atoms with Gasteiger partial charge in [-0.1, -0.05) is 11.3 Å². The molecule has 0 fully saturated rings. The summed E-state index contributed by atoms with van der Waals surface area (Å²) in [5.41, 5.74) is 5.36. The molecule has 1 heterocycles. The van der Waals surface area contributed by atoms with Crippen molar-refractivity contribution in [1.82, 2.24) is 0 Å². The van der Waals surface area contributed by atoms with E-state index in [-0.39, 0.29) is 10.6 Å². The molecule has 1 aromatic heterocycles. The maximum absolute atomic E-state index is 13.3. The van der Waals surface area contributed by atoms with Crippen LogP contribution in [-0.2, 0) is 6.54 Å². The van der Waals surface area contributed by atoms with Gasteiger partial charge in [-0.25, -0.2) is 4.39 Å². The van der Waals surface area contributed by atoms with Gasteiger partial charge in [-0.15, -0.1) is 0 Å². The molecule has 8 heteroatoms. The first kappa shape index (κ1) is 13.9. The van der Waals surface area contributed by atoms with Gasteiger partial charge in [-0.2, -0.15) is 0 Å². The lowest BCUT2D eigenvalue weighted by atomic mass is 10.2. The summed E-state index contributed by atoms with van der Waals surface area (Å²) in [5.74, 6) is -1.53. The van der Waals surface area contributed by atoms with E-state index < -0.39 is 16.6 Å². The molecular formula is C12H10FN3O3S. The normalized spacial score (nSPS) is 10.2. The van der Waals surface area contributed by atoms with Crippen LogP contribution >= 0.6 is 11.3 Å². The van der Waals surface area contributed by atoms with E-state index >= 15 is 0 Å². The Kier molecular flexibility index (Phi) is 3.94. The number of benzene rings is 1. The van der Waals surface area contributed by atoms with Gasteiger partial charge in [0.25, 0.3) is 5.91 Å². The Labute approximate surface area is 117 Å². The Bertz CT molecular complexity index is 672. The third kappa shape index (κ3) is 3.09. The van der Waals surface area contributed by atoms with Crippen molar-refractivity contribution in [3.05, 3.63) is 56.7 Å². The summed E-state index contributed by atoms with van der Waals surface area (Å²) in [7, 11) is 0. The molecule has 0 saturated carbocycles. The first-order chi connectivity index (χ1) is 9.47. The van der Waals surface area contributed by atoms with Crippen LogP contribution in [-0.4, -0.2) is 10.8 Å². The van der Waals surface area contributed by atoms with Gasteiger partial charge in [0.15, 0.2) is 0 Å². The molecule has 0 saturated heterocycles. The Morgan fingerprint density at radius 3 is 2.75 bits per heavy atom. The fourth-order valence-corrected chi connectivity index (χ4v) is 2.33. The molecule has 0 spiro atoms. The maximum Gasteiger partial charge on any atom is 0.324 e. The van der Waals surface area contributed by atoms with E-state index in [2.05, 4.69) is 5.32 Å².